The molecule has 1 aromatic heterocycles. The molecule has 134 valence electrons. The predicted molar refractivity (Wildman–Crippen MR) is 98.8 cm³/mol. The molecule has 0 amide bonds. The second-order valence-electron chi connectivity index (χ2n) is 6.36. The zero-order valence-corrected chi connectivity index (χ0v) is 14.9. The summed E-state index contributed by atoms with van der Waals surface area (Å²) in [5, 5.41) is 8.30. The van der Waals surface area contributed by atoms with Crippen molar-refractivity contribution in [3.05, 3.63) is 77.1 Å². The number of hydrogen-bond donors (Lipinski definition) is 1. The standard InChI is InChI=1S/C19H19ClFN5/c20-16-5-4-15(18(9-16)26-13-23-12-24-26)11-25-7-6-22-10-19(25)14-2-1-3-17(21)8-14/h1-5,8-9,12-13,19,22H,6-7,10-11H2. The smallest absolute Gasteiger partial charge is 0.138 e. The molecular formula is C19H19ClFN5. The summed E-state index contributed by atoms with van der Waals surface area (Å²) in [4.78, 5) is 6.39. The molecule has 0 radical (unpaired) electrons. The van der Waals surface area contributed by atoms with Crippen LogP contribution in [0.3, 0.4) is 0 Å². The highest BCUT2D eigenvalue weighted by molar-refractivity contribution is 6.30. The van der Waals surface area contributed by atoms with Crippen molar-refractivity contribution < 1.29 is 4.39 Å². The maximum Gasteiger partial charge on any atom is 0.138 e. The summed E-state index contributed by atoms with van der Waals surface area (Å²) in [6.45, 7) is 3.28. The van der Waals surface area contributed by atoms with Gasteiger partial charge >= 0.3 is 0 Å². The van der Waals surface area contributed by atoms with Gasteiger partial charge in [0.1, 0.15) is 18.5 Å². The number of aromatic nitrogens is 3. The van der Waals surface area contributed by atoms with Crippen LogP contribution in [-0.4, -0.2) is 39.3 Å². The Hall–Kier alpha value is -2.28. The van der Waals surface area contributed by atoms with Crippen LogP contribution in [0.2, 0.25) is 5.02 Å². The highest BCUT2D eigenvalue weighted by Gasteiger charge is 2.25. The van der Waals surface area contributed by atoms with Crippen LogP contribution in [-0.2, 0) is 6.54 Å². The van der Waals surface area contributed by atoms with Crippen LogP contribution in [0.1, 0.15) is 17.2 Å². The number of benzene rings is 2. The summed E-state index contributed by atoms with van der Waals surface area (Å²) >= 11 is 6.19. The first-order valence-corrected chi connectivity index (χ1v) is 8.92. The maximum atomic E-state index is 13.7. The normalized spacial score (nSPS) is 18.2. The van der Waals surface area contributed by atoms with Gasteiger partial charge in [-0.25, -0.2) is 14.1 Å². The summed E-state index contributed by atoms with van der Waals surface area (Å²) < 4.78 is 15.4. The third-order valence-corrected chi connectivity index (χ3v) is 4.91. The molecule has 2 heterocycles. The minimum absolute atomic E-state index is 0.110. The van der Waals surface area contributed by atoms with Gasteiger partial charge in [0.25, 0.3) is 0 Å². The molecule has 5 nitrogen and oxygen atoms in total. The fraction of sp³-hybridized carbons (Fsp3) is 0.263. The molecule has 1 saturated heterocycles. The number of rotatable bonds is 4. The third-order valence-electron chi connectivity index (χ3n) is 4.67. The van der Waals surface area contributed by atoms with E-state index in [1.807, 2.05) is 24.3 Å². The van der Waals surface area contributed by atoms with E-state index in [2.05, 4.69) is 20.3 Å². The van der Waals surface area contributed by atoms with E-state index >= 15 is 0 Å². The van der Waals surface area contributed by atoms with Crippen LogP contribution in [0.25, 0.3) is 5.69 Å². The summed E-state index contributed by atoms with van der Waals surface area (Å²) in [6.07, 6.45) is 3.17. The Morgan fingerprint density at radius 3 is 2.96 bits per heavy atom. The molecule has 1 unspecified atom stereocenters. The Morgan fingerprint density at radius 1 is 1.23 bits per heavy atom. The first-order valence-electron chi connectivity index (χ1n) is 8.54. The molecule has 1 atom stereocenters. The van der Waals surface area contributed by atoms with Crippen LogP contribution in [0.4, 0.5) is 4.39 Å². The van der Waals surface area contributed by atoms with Crippen LogP contribution in [0.15, 0.2) is 55.1 Å². The van der Waals surface area contributed by atoms with Gasteiger partial charge in [0.15, 0.2) is 0 Å². The van der Waals surface area contributed by atoms with Crippen molar-refractivity contribution in [3.63, 3.8) is 0 Å². The SMILES string of the molecule is Fc1cccc(C2CNCCN2Cc2ccc(Cl)cc2-n2cncn2)c1. The van der Waals surface area contributed by atoms with Gasteiger partial charge in [-0.1, -0.05) is 29.8 Å². The Labute approximate surface area is 156 Å². The lowest BCUT2D eigenvalue weighted by Crippen LogP contribution is -2.45. The third kappa shape index (κ3) is 3.62. The highest BCUT2D eigenvalue weighted by Crippen LogP contribution is 2.27. The molecule has 26 heavy (non-hydrogen) atoms. The van der Waals surface area contributed by atoms with Gasteiger partial charge in [-0.2, -0.15) is 5.10 Å². The summed E-state index contributed by atoms with van der Waals surface area (Å²) in [5.74, 6) is -0.206. The lowest BCUT2D eigenvalue weighted by atomic mass is 10.0. The van der Waals surface area contributed by atoms with Gasteiger partial charge in [-0.05, 0) is 35.4 Å². The average Bonchev–Trinajstić information content (AvgIpc) is 3.18. The molecule has 7 heteroatoms. The Bertz CT molecular complexity index is 883. The van der Waals surface area contributed by atoms with E-state index in [0.29, 0.717) is 5.02 Å². The number of hydrogen-bond acceptors (Lipinski definition) is 4. The van der Waals surface area contributed by atoms with Gasteiger partial charge < -0.3 is 5.32 Å². The van der Waals surface area contributed by atoms with Crippen molar-refractivity contribution >= 4 is 11.6 Å². The fourth-order valence-electron chi connectivity index (χ4n) is 3.41. The summed E-state index contributed by atoms with van der Waals surface area (Å²) in [5.41, 5.74) is 2.99. The molecule has 0 spiro atoms. The molecule has 1 aliphatic heterocycles. The van der Waals surface area contributed by atoms with Gasteiger partial charge in [-0.15, -0.1) is 0 Å². The molecule has 1 N–H and O–H groups in total. The van der Waals surface area contributed by atoms with Crippen LogP contribution < -0.4 is 5.32 Å². The summed E-state index contributed by atoms with van der Waals surface area (Å²) in [7, 11) is 0. The van der Waals surface area contributed by atoms with Crippen molar-refractivity contribution in [2.24, 2.45) is 0 Å². The molecule has 1 fully saturated rings. The van der Waals surface area contributed by atoms with Crippen molar-refractivity contribution in [1.29, 1.82) is 0 Å². The molecule has 4 rings (SSSR count). The molecule has 0 aliphatic carbocycles. The van der Waals surface area contributed by atoms with Crippen LogP contribution >= 0.6 is 11.6 Å². The van der Waals surface area contributed by atoms with E-state index in [-0.39, 0.29) is 11.9 Å². The first-order chi connectivity index (χ1) is 12.7. The topological polar surface area (TPSA) is 46.0 Å². The van der Waals surface area contributed by atoms with Gasteiger partial charge in [-0.3, -0.25) is 4.90 Å². The number of nitrogens with zero attached hydrogens (tertiary/aromatic N) is 4. The highest BCUT2D eigenvalue weighted by atomic mass is 35.5. The zero-order chi connectivity index (χ0) is 17.9. The lowest BCUT2D eigenvalue weighted by molar-refractivity contribution is 0.153. The van der Waals surface area contributed by atoms with Crippen LogP contribution in [0.5, 0.6) is 0 Å². The molecular weight excluding hydrogens is 353 g/mol. The number of piperazine rings is 1. The predicted octanol–water partition coefficient (Wildman–Crippen LogP) is 3.21. The van der Waals surface area contributed by atoms with E-state index in [9.17, 15) is 4.39 Å². The average molecular weight is 372 g/mol. The quantitative estimate of drug-likeness (QED) is 0.765. The molecule has 2 aromatic carbocycles. The number of halogens is 2. The van der Waals surface area contributed by atoms with E-state index < -0.39 is 0 Å². The Morgan fingerprint density at radius 2 is 2.15 bits per heavy atom. The molecule has 0 bridgehead atoms. The molecule has 3 aromatic rings. The van der Waals surface area contributed by atoms with Crippen LogP contribution in [0, 0.1) is 5.82 Å². The fourth-order valence-corrected chi connectivity index (χ4v) is 3.58. The Kier molecular flexibility index (Phi) is 4.97. The lowest BCUT2D eigenvalue weighted by Gasteiger charge is -2.37. The summed E-state index contributed by atoms with van der Waals surface area (Å²) in [6, 6.07) is 12.7. The first kappa shape index (κ1) is 17.1. The second kappa shape index (κ2) is 7.53. The Balaban J connectivity index is 1.65. The van der Waals surface area contributed by atoms with Gasteiger partial charge in [0, 0.05) is 37.2 Å². The minimum atomic E-state index is -0.206. The monoisotopic (exact) mass is 371 g/mol. The van der Waals surface area contributed by atoms with Gasteiger partial charge in [0.05, 0.1) is 5.69 Å². The maximum absolute atomic E-state index is 13.7. The zero-order valence-electron chi connectivity index (χ0n) is 14.1. The van der Waals surface area contributed by atoms with E-state index in [1.165, 1.54) is 12.4 Å². The number of nitrogens with one attached hydrogen (secondary N) is 1. The van der Waals surface area contributed by atoms with Gasteiger partial charge in [0.2, 0.25) is 0 Å². The largest absolute Gasteiger partial charge is 0.314 e. The second-order valence-corrected chi connectivity index (χ2v) is 6.79. The van der Waals surface area contributed by atoms with Crippen molar-refractivity contribution in [2.45, 2.75) is 12.6 Å². The van der Waals surface area contributed by atoms with Crippen molar-refractivity contribution in [1.82, 2.24) is 25.0 Å². The van der Waals surface area contributed by atoms with Crippen molar-refractivity contribution in [2.75, 3.05) is 19.6 Å². The molecule has 0 saturated carbocycles. The molecule has 1 aliphatic rings. The minimum Gasteiger partial charge on any atom is -0.314 e. The van der Waals surface area contributed by atoms with E-state index in [1.54, 1.807) is 23.1 Å². The van der Waals surface area contributed by atoms with Crippen molar-refractivity contribution in [3.8, 4) is 5.69 Å². The van der Waals surface area contributed by atoms with E-state index in [0.717, 1.165) is 43.0 Å². The van der Waals surface area contributed by atoms with E-state index in [4.69, 9.17) is 11.6 Å².